The van der Waals surface area contributed by atoms with E-state index in [0.717, 1.165) is 37.7 Å². The SMILES string of the molecule is C.CCCCO.CS(=O)(=O)OCCn1ccc2c([N+](=O)[O-])cccc21.CS(=O)(=O)[O-].C[n+]1ccn(CCn2ccc3c([N+](=O)[O-])cccc32)c1.Cn1ccnc1. The third kappa shape index (κ3) is 17.8. The van der Waals surface area contributed by atoms with Gasteiger partial charge in [-0.2, -0.15) is 8.42 Å². The van der Waals surface area contributed by atoms with Gasteiger partial charge >= 0.3 is 0 Å². The molecule has 0 bridgehead atoms. The van der Waals surface area contributed by atoms with Gasteiger partial charge in [0, 0.05) is 63.4 Å². The van der Waals surface area contributed by atoms with Crippen molar-refractivity contribution in [2.75, 3.05) is 25.7 Å². The van der Waals surface area contributed by atoms with Gasteiger partial charge in [-0.3, -0.25) is 24.4 Å². The number of non-ortho nitro benzene ring substituents is 2. The summed E-state index contributed by atoms with van der Waals surface area (Å²) in [6.07, 6.45) is 18.6. The highest BCUT2D eigenvalue weighted by Crippen LogP contribution is 2.27. The zero-order valence-electron chi connectivity index (χ0n) is 31.1. The molecule has 0 unspecified atom stereocenters. The first kappa shape index (κ1) is 48.5. The second-order valence-corrected chi connectivity index (χ2v) is 14.9. The van der Waals surface area contributed by atoms with Crippen LogP contribution in [0.15, 0.2) is 98.4 Å². The molecule has 0 saturated carbocycles. The van der Waals surface area contributed by atoms with E-state index >= 15 is 0 Å². The van der Waals surface area contributed by atoms with E-state index in [2.05, 4.69) is 20.7 Å². The summed E-state index contributed by atoms with van der Waals surface area (Å²) in [4.78, 5) is 24.9. The molecular formula is C35H50N8O11S2. The monoisotopic (exact) mass is 822 g/mol. The number of nitrogens with zero attached hydrogens (tertiary/aromatic N) is 8. The molecule has 0 atom stereocenters. The van der Waals surface area contributed by atoms with Gasteiger partial charge in [-0.15, -0.1) is 0 Å². The van der Waals surface area contributed by atoms with Crippen molar-refractivity contribution in [3.63, 3.8) is 0 Å². The average Bonchev–Trinajstić information content (AvgIpc) is 3.92. The van der Waals surface area contributed by atoms with Crippen LogP contribution in [0, 0.1) is 20.2 Å². The van der Waals surface area contributed by atoms with Gasteiger partial charge in [0.25, 0.3) is 21.5 Å². The van der Waals surface area contributed by atoms with Crippen LogP contribution in [0.25, 0.3) is 21.8 Å². The standard InChI is InChI=1S/C14H15N4O2.C11H12N2O5S.C4H6N2.C4H10O.CH4O3S.CH4/c1-15-7-8-16(11-15)9-10-17-6-5-12-13(17)3-2-4-14(12)18(19)20;1-19(16,17)18-8-7-12-6-5-9-10(12)3-2-4-11(9)13(14)15;1-6-3-2-5-4-6;1-2-3-4-5;1-5(2,3)4;/h2-8,11H,9-10H2,1H3;2-6H,7-8H2,1H3;2-4H,1H3;5H,2-4H2,1H3;1H3,(H,2,3,4);1H4/q+1;;;;;/p-1. The zero-order valence-corrected chi connectivity index (χ0v) is 32.7. The molecule has 6 rings (SSSR count). The van der Waals surface area contributed by atoms with Crippen molar-refractivity contribution in [3.05, 3.63) is 119 Å². The highest BCUT2D eigenvalue weighted by molar-refractivity contribution is 7.86. The van der Waals surface area contributed by atoms with Crippen LogP contribution in [0.3, 0.4) is 0 Å². The number of aliphatic hydroxyl groups is 1. The molecule has 0 saturated heterocycles. The Morgan fingerprint density at radius 2 is 1.36 bits per heavy atom. The quantitative estimate of drug-likeness (QED) is 0.0629. The van der Waals surface area contributed by atoms with E-state index in [0.29, 0.717) is 35.7 Å². The number of fused-ring (bicyclic) bond motifs is 2. The van der Waals surface area contributed by atoms with Crippen molar-refractivity contribution in [2.24, 2.45) is 14.1 Å². The first-order valence-corrected chi connectivity index (χ1v) is 20.2. The van der Waals surface area contributed by atoms with Crippen LogP contribution in [0.5, 0.6) is 0 Å². The van der Waals surface area contributed by atoms with Gasteiger partial charge in [-0.1, -0.05) is 32.9 Å². The van der Waals surface area contributed by atoms with Gasteiger partial charge in [0.05, 0.1) is 74.6 Å². The summed E-state index contributed by atoms with van der Waals surface area (Å²) in [6.45, 7) is 4.29. The number of nitro benzene ring substituents is 2. The topological polar surface area (TPSA) is 244 Å². The molecule has 0 aliphatic carbocycles. The molecule has 0 aliphatic rings. The average molecular weight is 823 g/mol. The van der Waals surface area contributed by atoms with Crippen LogP contribution in [0.1, 0.15) is 27.2 Å². The molecule has 2 aromatic carbocycles. The minimum atomic E-state index is -3.92. The number of rotatable bonds is 11. The van der Waals surface area contributed by atoms with Gasteiger partial charge < -0.3 is 23.4 Å². The van der Waals surface area contributed by atoms with Crippen LogP contribution in [0.2, 0.25) is 0 Å². The van der Waals surface area contributed by atoms with Gasteiger partial charge in [0.15, 0.2) is 0 Å². The minimum absolute atomic E-state index is 0. The van der Waals surface area contributed by atoms with E-state index < -0.39 is 25.2 Å². The predicted molar refractivity (Wildman–Crippen MR) is 211 cm³/mol. The summed E-state index contributed by atoms with van der Waals surface area (Å²) in [5.74, 6) is 0. The minimum Gasteiger partial charge on any atom is -0.748 e. The number of imidazole rings is 2. The fourth-order valence-electron chi connectivity index (χ4n) is 4.75. The van der Waals surface area contributed by atoms with Crippen molar-refractivity contribution in [1.29, 1.82) is 0 Å². The molecule has 308 valence electrons. The number of aromatic nitrogens is 6. The van der Waals surface area contributed by atoms with E-state index in [-0.39, 0.29) is 30.3 Å². The van der Waals surface area contributed by atoms with Crippen molar-refractivity contribution in [3.8, 4) is 0 Å². The van der Waals surface area contributed by atoms with Crippen LogP contribution >= 0.6 is 0 Å². The Balaban J connectivity index is 0.000000400. The summed E-state index contributed by atoms with van der Waals surface area (Å²) in [7, 11) is -3.48. The Hall–Kier alpha value is -5.48. The van der Waals surface area contributed by atoms with Crippen LogP contribution in [-0.2, 0) is 58.1 Å². The zero-order chi connectivity index (χ0) is 41.2. The number of hydrogen-bond donors (Lipinski definition) is 1. The summed E-state index contributed by atoms with van der Waals surface area (Å²) in [5.41, 5.74) is 1.76. The van der Waals surface area contributed by atoms with Gasteiger partial charge in [-0.05, 0) is 30.7 Å². The van der Waals surface area contributed by atoms with E-state index in [1.165, 1.54) is 6.07 Å². The lowest BCUT2D eigenvalue weighted by Crippen LogP contribution is -2.24. The number of aryl methyl sites for hydroxylation is 4. The maximum atomic E-state index is 11.0. The summed E-state index contributed by atoms with van der Waals surface area (Å²) in [6, 6.07) is 13.4. The summed E-state index contributed by atoms with van der Waals surface area (Å²) >= 11 is 0. The van der Waals surface area contributed by atoms with Gasteiger partial charge in [0.1, 0.15) is 18.9 Å². The Morgan fingerprint density at radius 3 is 1.70 bits per heavy atom. The maximum absolute atomic E-state index is 11.0. The smallest absolute Gasteiger partial charge is 0.278 e. The summed E-state index contributed by atoms with van der Waals surface area (Å²) < 4.78 is 63.3. The second kappa shape index (κ2) is 23.4. The number of benzene rings is 2. The molecule has 0 aliphatic heterocycles. The molecule has 0 fully saturated rings. The lowest BCUT2D eigenvalue weighted by atomic mass is 10.2. The Morgan fingerprint density at radius 1 is 0.839 bits per heavy atom. The predicted octanol–water partition coefficient (Wildman–Crippen LogP) is 4.40. The molecular weight excluding hydrogens is 773 g/mol. The highest BCUT2D eigenvalue weighted by atomic mass is 32.2. The van der Waals surface area contributed by atoms with E-state index in [1.54, 1.807) is 53.6 Å². The first-order chi connectivity index (χ1) is 25.8. The Kier molecular flexibility index (Phi) is 20.3. The Bertz CT molecular complexity index is 2310. The number of hydrogen-bond acceptors (Lipinski definition) is 12. The molecule has 0 amide bonds. The first-order valence-electron chi connectivity index (χ1n) is 16.6. The second-order valence-electron chi connectivity index (χ2n) is 11.8. The summed E-state index contributed by atoms with van der Waals surface area (Å²) in [5, 5.41) is 31.1. The maximum Gasteiger partial charge on any atom is 0.278 e. The Labute approximate surface area is 326 Å². The highest BCUT2D eigenvalue weighted by Gasteiger charge is 2.15. The molecule has 4 aromatic heterocycles. The lowest BCUT2D eigenvalue weighted by Gasteiger charge is -2.05. The van der Waals surface area contributed by atoms with Crippen LogP contribution in [0.4, 0.5) is 11.4 Å². The molecule has 0 spiro atoms. The van der Waals surface area contributed by atoms with Crippen molar-refractivity contribution in [2.45, 2.75) is 46.8 Å². The normalized spacial score (nSPS) is 10.7. The van der Waals surface area contributed by atoms with E-state index in [1.807, 2.05) is 71.0 Å². The molecule has 56 heavy (non-hydrogen) atoms. The van der Waals surface area contributed by atoms with Crippen molar-refractivity contribution < 1.29 is 45.1 Å². The molecule has 6 aromatic rings. The third-order valence-corrected chi connectivity index (χ3v) is 7.77. The fraction of sp³-hybridized carbons (Fsp3) is 0.371. The largest absolute Gasteiger partial charge is 0.748 e. The fourth-order valence-corrected chi connectivity index (χ4v) is 5.13. The molecule has 21 heteroatoms. The van der Waals surface area contributed by atoms with Crippen LogP contribution in [-0.4, -0.2) is 85.3 Å². The van der Waals surface area contributed by atoms with Crippen molar-refractivity contribution in [1.82, 2.24) is 23.3 Å². The molecule has 4 heterocycles. The van der Waals surface area contributed by atoms with Crippen molar-refractivity contribution >= 4 is 53.4 Å². The van der Waals surface area contributed by atoms with E-state index in [4.69, 9.17) is 18.1 Å². The number of nitro groups is 2. The third-order valence-electron chi connectivity index (χ3n) is 7.18. The van der Waals surface area contributed by atoms with Gasteiger partial charge in [-0.25, -0.2) is 22.5 Å². The lowest BCUT2D eigenvalue weighted by molar-refractivity contribution is -0.671. The number of aliphatic hydroxyl groups excluding tert-OH is 1. The molecule has 0 radical (unpaired) electrons. The van der Waals surface area contributed by atoms with Gasteiger partial charge in [0.2, 0.25) is 6.33 Å². The number of unbranched alkanes of at least 4 members (excludes halogenated alkanes) is 1. The van der Waals surface area contributed by atoms with Crippen LogP contribution < -0.4 is 4.57 Å². The van der Waals surface area contributed by atoms with E-state index in [9.17, 15) is 28.6 Å². The molecule has 19 nitrogen and oxygen atoms in total. The molecule has 1 N–H and O–H groups in total.